The zero-order valence-corrected chi connectivity index (χ0v) is 12.5. The molecule has 1 saturated heterocycles. The molecule has 0 radical (unpaired) electrons. The van der Waals surface area contributed by atoms with Crippen molar-refractivity contribution in [2.24, 2.45) is 11.8 Å². The lowest BCUT2D eigenvalue weighted by Crippen LogP contribution is -2.41. The fraction of sp³-hybridized carbons (Fsp3) is 1.00. The Hall–Kier alpha value is 0.310. The minimum absolute atomic E-state index is 0.854. The molecule has 0 aromatic heterocycles. The smallest absolute Gasteiger partial charge is 0.0172 e. The van der Waals surface area contributed by atoms with Crippen LogP contribution in [0.1, 0.15) is 64.2 Å². The second-order valence-corrected chi connectivity index (χ2v) is 8.12. The maximum absolute atomic E-state index is 3.90. The molecule has 4 unspecified atom stereocenters. The van der Waals surface area contributed by atoms with E-state index in [1.165, 1.54) is 76.5 Å². The molecule has 0 aromatic rings. The highest BCUT2D eigenvalue weighted by atomic mass is 32.2. The van der Waals surface area contributed by atoms with Crippen molar-refractivity contribution in [1.82, 2.24) is 5.32 Å². The summed E-state index contributed by atoms with van der Waals surface area (Å²) >= 11 is 2.21. The summed E-state index contributed by atoms with van der Waals surface area (Å²) in [5, 5.41) is 4.82. The number of thioether (sulfide) groups is 1. The summed E-state index contributed by atoms with van der Waals surface area (Å²) in [7, 11) is 0. The van der Waals surface area contributed by atoms with E-state index < -0.39 is 0 Å². The van der Waals surface area contributed by atoms with Crippen molar-refractivity contribution in [3.05, 3.63) is 0 Å². The van der Waals surface area contributed by atoms with Crippen LogP contribution in [-0.2, 0) is 0 Å². The number of hydrogen-bond acceptors (Lipinski definition) is 2. The SMILES string of the molecule is C1CCC(CNC2CCC3CCCCC3C2)SC1. The van der Waals surface area contributed by atoms with Gasteiger partial charge in [0.1, 0.15) is 0 Å². The fourth-order valence-electron chi connectivity index (χ4n) is 4.33. The lowest BCUT2D eigenvalue weighted by molar-refractivity contribution is 0.144. The van der Waals surface area contributed by atoms with Crippen LogP contribution in [0.15, 0.2) is 0 Å². The van der Waals surface area contributed by atoms with Crippen LogP contribution in [0.5, 0.6) is 0 Å². The second-order valence-electron chi connectivity index (χ2n) is 6.71. The van der Waals surface area contributed by atoms with Gasteiger partial charge in [0, 0.05) is 17.8 Å². The topological polar surface area (TPSA) is 12.0 Å². The minimum Gasteiger partial charge on any atom is -0.313 e. The molecular weight excluding hydrogens is 238 g/mol. The average Bonchev–Trinajstić information content (AvgIpc) is 2.46. The Balaban J connectivity index is 1.40. The summed E-state index contributed by atoms with van der Waals surface area (Å²) in [6, 6.07) is 0.854. The zero-order valence-electron chi connectivity index (χ0n) is 11.7. The van der Waals surface area contributed by atoms with E-state index in [4.69, 9.17) is 0 Å². The third kappa shape index (κ3) is 3.45. The maximum Gasteiger partial charge on any atom is 0.0172 e. The molecule has 1 nitrogen and oxygen atoms in total. The Morgan fingerprint density at radius 3 is 2.50 bits per heavy atom. The van der Waals surface area contributed by atoms with Crippen molar-refractivity contribution in [2.75, 3.05) is 12.3 Å². The number of fused-ring (bicyclic) bond motifs is 1. The van der Waals surface area contributed by atoms with Crippen LogP contribution in [0.25, 0.3) is 0 Å². The molecule has 104 valence electrons. The van der Waals surface area contributed by atoms with E-state index in [9.17, 15) is 0 Å². The average molecular weight is 267 g/mol. The predicted molar refractivity (Wildman–Crippen MR) is 81.2 cm³/mol. The monoisotopic (exact) mass is 267 g/mol. The van der Waals surface area contributed by atoms with Gasteiger partial charge in [0.2, 0.25) is 0 Å². The van der Waals surface area contributed by atoms with Crippen molar-refractivity contribution in [2.45, 2.75) is 75.5 Å². The maximum atomic E-state index is 3.90. The van der Waals surface area contributed by atoms with Crippen molar-refractivity contribution < 1.29 is 0 Å². The van der Waals surface area contributed by atoms with Crippen LogP contribution < -0.4 is 5.32 Å². The molecule has 1 N–H and O–H groups in total. The first-order chi connectivity index (χ1) is 8.92. The van der Waals surface area contributed by atoms with Gasteiger partial charge in [-0.15, -0.1) is 0 Å². The Bertz CT molecular complexity index is 249. The Morgan fingerprint density at radius 1 is 0.833 bits per heavy atom. The molecule has 0 amide bonds. The second kappa shape index (κ2) is 6.65. The first kappa shape index (κ1) is 13.3. The van der Waals surface area contributed by atoms with E-state index in [-0.39, 0.29) is 0 Å². The van der Waals surface area contributed by atoms with Gasteiger partial charge in [0.15, 0.2) is 0 Å². The number of nitrogens with one attached hydrogen (secondary N) is 1. The molecule has 3 fully saturated rings. The molecule has 4 atom stereocenters. The predicted octanol–water partition coefficient (Wildman–Crippen LogP) is 4.22. The van der Waals surface area contributed by atoms with Gasteiger partial charge in [0.25, 0.3) is 0 Å². The van der Waals surface area contributed by atoms with E-state index in [2.05, 4.69) is 17.1 Å². The molecular formula is C16H29NS. The summed E-state index contributed by atoms with van der Waals surface area (Å²) in [6.07, 6.45) is 14.9. The zero-order chi connectivity index (χ0) is 12.2. The minimum atomic E-state index is 0.854. The lowest BCUT2D eigenvalue weighted by atomic mass is 9.69. The summed E-state index contributed by atoms with van der Waals surface area (Å²) in [6.45, 7) is 1.28. The fourth-order valence-corrected chi connectivity index (χ4v) is 5.58. The third-order valence-corrected chi connectivity index (χ3v) is 6.85. The van der Waals surface area contributed by atoms with Crippen molar-refractivity contribution in [3.63, 3.8) is 0 Å². The first-order valence-corrected chi connectivity index (χ1v) is 9.31. The number of hydrogen-bond donors (Lipinski definition) is 1. The van der Waals surface area contributed by atoms with Gasteiger partial charge in [-0.25, -0.2) is 0 Å². The van der Waals surface area contributed by atoms with Gasteiger partial charge in [0.05, 0.1) is 0 Å². The molecule has 2 aliphatic carbocycles. The van der Waals surface area contributed by atoms with Crippen molar-refractivity contribution in [1.29, 1.82) is 0 Å². The molecule has 0 aromatic carbocycles. The largest absolute Gasteiger partial charge is 0.313 e. The molecule has 3 aliphatic rings. The summed E-state index contributed by atoms with van der Waals surface area (Å²) in [5.41, 5.74) is 0. The van der Waals surface area contributed by atoms with Crippen LogP contribution in [0.4, 0.5) is 0 Å². The molecule has 3 rings (SSSR count). The van der Waals surface area contributed by atoms with Crippen LogP contribution in [-0.4, -0.2) is 23.6 Å². The van der Waals surface area contributed by atoms with E-state index in [0.29, 0.717) is 0 Å². The highest BCUT2D eigenvalue weighted by molar-refractivity contribution is 7.99. The molecule has 18 heavy (non-hydrogen) atoms. The quantitative estimate of drug-likeness (QED) is 0.821. The third-order valence-electron chi connectivity index (χ3n) is 5.45. The van der Waals surface area contributed by atoms with E-state index in [1.54, 1.807) is 0 Å². The van der Waals surface area contributed by atoms with Gasteiger partial charge >= 0.3 is 0 Å². The van der Waals surface area contributed by atoms with Crippen LogP contribution in [0, 0.1) is 11.8 Å². The van der Waals surface area contributed by atoms with Crippen molar-refractivity contribution in [3.8, 4) is 0 Å². The molecule has 2 heteroatoms. The highest BCUT2D eigenvalue weighted by Crippen LogP contribution is 2.40. The normalized spacial score (nSPS) is 41.3. The van der Waals surface area contributed by atoms with Gasteiger partial charge in [-0.3, -0.25) is 0 Å². The van der Waals surface area contributed by atoms with Crippen LogP contribution >= 0.6 is 11.8 Å². The summed E-state index contributed by atoms with van der Waals surface area (Å²) in [4.78, 5) is 0. The molecule has 0 bridgehead atoms. The Labute approximate surface area is 117 Å². The van der Waals surface area contributed by atoms with Gasteiger partial charge in [-0.1, -0.05) is 32.1 Å². The van der Waals surface area contributed by atoms with Crippen LogP contribution in [0.2, 0.25) is 0 Å². The standard InChI is InChI=1S/C16H29NS/c1-2-6-14-11-15(9-8-13(14)5-1)17-12-16-7-3-4-10-18-16/h13-17H,1-12H2. The Kier molecular flexibility index (Phi) is 4.92. The lowest BCUT2D eigenvalue weighted by Gasteiger charge is -2.40. The molecule has 0 spiro atoms. The molecule has 1 heterocycles. The first-order valence-electron chi connectivity index (χ1n) is 8.27. The summed E-state index contributed by atoms with van der Waals surface area (Å²) < 4.78 is 0. The van der Waals surface area contributed by atoms with Crippen molar-refractivity contribution >= 4 is 11.8 Å². The highest BCUT2D eigenvalue weighted by Gasteiger charge is 2.32. The molecule has 1 aliphatic heterocycles. The summed E-state index contributed by atoms with van der Waals surface area (Å²) in [5.74, 6) is 3.58. The van der Waals surface area contributed by atoms with Gasteiger partial charge in [-0.2, -0.15) is 11.8 Å². The van der Waals surface area contributed by atoms with E-state index in [1.807, 2.05) is 0 Å². The van der Waals surface area contributed by atoms with E-state index >= 15 is 0 Å². The number of rotatable bonds is 3. The Morgan fingerprint density at radius 2 is 1.67 bits per heavy atom. The van der Waals surface area contributed by atoms with Gasteiger partial charge < -0.3 is 5.32 Å². The van der Waals surface area contributed by atoms with Crippen LogP contribution in [0.3, 0.4) is 0 Å². The molecule has 2 saturated carbocycles. The van der Waals surface area contributed by atoms with E-state index in [0.717, 1.165) is 23.1 Å². The van der Waals surface area contributed by atoms with Gasteiger partial charge in [-0.05, 0) is 49.7 Å².